The van der Waals surface area contributed by atoms with Crippen LogP contribution >= 0.6 is 0 Å². The third-order valence-electron chi connectivity index (χ3n) is 3.44. The van der Waals surface area contributed by atoms with Gasteiger partial charge in [0.15, 0.2) is 0 Å². The normalized spacial score (nSPS) is 34.0. The van der Waals surface area contributed by atoms with Crippen LogP contribution in [0.15, 0.2) is 11.1 Å². The maximum Gasteiger partial charge on any atom is 0.144 e. The lowest BCUT2D eigenvalue weighted by Gasteiger charge is -2.24. The summed E-state index contributed by atoms with van der Waals surface area (Å²) >= 11 is 0. The molecular weight excluding hydrogens is 164 g/mol. The van der Waals surface area contributed by atoms with Gasteiger partial charge < -0.3 is 0 Å². The summed E-state index contributed by atoms with van der Waals surface area (Å²) in [6, 6.07) is 0. The van der Waals surface area contributed by atoms with Gasteiger partial charge in [-0.1, -0.05) is 11.1 Å². The van der Waals surface area contributed by atoms with Crippen molar-refractivity contribution in [3.63, 3.8) is 0 Å². The van der Waals surface area contributed by atoms with Crippen molar-refractivity contribution in [3.05, 3.63) is 11.1 Å². The molecule has 2 atom stereocenters. The van der Waals surface area contributed by atoms with Crippen molar-refractivity contribution in [2.45, 2.75) is 33.1 Å². The van der Waals surface area contributed by atoms with Crippen LogP contribution in [0.25, 0.3) is 0 Å². The Bertz CT molecular complexity index is 282. The van der Waals surface area contributed by atoms with E-state index in [2.05, 4.69) is 13.8 Å². The monoisotopic (exact) mass is 178 g/mol. The van der Waals surface area contributed by atoms with Gasteiger partial charge in [0.25, 0.3) is 0 Å². The summed E-state index contributed by atoms with van der Waals surface area (Å²) in [6.07, 6.45) is 1.83. The lowest BCUT2D eigenvalue weighted by molar-refractivity contribution is -0.122. The van der Waals surface area contributed by atoms with E-state index in [9.17, 15) is 9.59 Å². The van der Waals surface area contributed by atoms with Crippen molar-refractivity contribution in [2.75, 3.05) is 0 Å². The van der Waals surface area contributed by atoms with Gasteiger partial charge in [-0.15, -0.1) is 0 Å². The molecule has 0 saturated heterocycles. The summed E-state index contributed by atoms with van der Waals surface area (Å²) in [5, 5.41) is 0. The quantitative estimate of drug-likeness (QED) is 0.419. The first-order chi connectivity index (χ1) is 6.09. The van der Waals surface area contributed by atoms with Gasteiger partial charge in [0, 0.05) is 11.8 Å². The minimum absolute atomic E-state index is 0.0243. The van der Waals surface area contributed by atoms with E-state index in [-0.39, 0.29) is 29.8 Å². The summed E-state index contributed by atoms with van der Waals surface area (Å²) in [6.45, 7) is 4.14. The molecule has 1 saturated carbocycles. The Kier molecular flexibility index (Phi) is 1.86. The van der Waals surface area contributed by atoms with E-state index >= 15 is 0 Å². The Morgan fingerprint density at radius 3 is 1.69 bits per heavy atom. The van der Waals surface area contributed by atoms with E-state index in [0.717, 1.165) is 12.8 Å². The Labute approximate surface area is 78.0 Å². The minimum Gasteiger partial charge on any atom is -0.299 e. The molecule has 0 N–H and O–H groups in total. The van der Waals surface area contributed by atoms with Crippen LogP contribution in [0.4, 0.5) is 0 Å². The summed E-state index contributed by atoms with van der Waals surface area (Å²) in [5.74, 6) is 0.385. The smallest absolute Gasteiger partial charge is 0.144 e. The average molecular weight is 178 g/mol. The molecule has 0 aromatic heterocycles. The van der Waals surface area contributed by atoms with Crippen molar-refractivity contribution in [3.8, 4) is 0 Å². The SMILES string of the molecule is CC1=C(C)C[C@H]2C(=O)CC(=O)[C@H]2C1. The highest BCUT2D eigenvalue weighted by atomic mass is 16.2. The van der Waals surface area contributed by atoms with E-state index in [1.165, 1.54) is 11.1 Å². The van der Waals surface area contributed by atoms with Crippen molar-refractivity contribution < 1.29 is 9.59 Å². The minimum atomic E-state index is 0.0243. The summed E-state index contributed by atoms with van der Waals surface area (Å²) in [7, 11) is 0. The van der Waals surface area contributed by atoms with Gasteiger partial charge in [0.1, 0.15) is 11.6 Å². The van der Waals surface area contributed by atoms with Gasteiger partial charge >= 0.3 is 0 Å². The predicted octanol–water partition coefficient (Wildman–Crippen LogP) is 1.89. The molecule has 2 heteroatoms. The molecule has 0 heterocycles. The van der Waals surface area contributed by atoms with Crippen LogP contribution < -0.4 is 0 Å². The Morgan fingerprint density at radius 2 is 1.31 bits per heavy atom. The highest BCUT2D eigenvalue weighted by molar-refractivity contribution is 6.08. The van der Waals surface area contributed by atoms with Crippen molar-refractivity contribution in [2.24, 2.45) is 11.8 Å². The van der Waals surface area contributed by atoms with Crippen LogP contribution in [-0.2, 0) is 9.59 Å². The molecule has 0 aromatic rings. The van der Waals surface area contributed by atoms with Gasteiger partial charge in [-0.2, -0.15) is 0 Å². The lowest BCUT2D eigenvalue weighted by atomic mass is 9.78. The molecule has 2 nitrogen and oxygen atoms in total. The van der Waals surface area contributed by atoms with E-state index in [0.29, 0.717) is 0 Å². The highest BCUT2D eigenvalue weighted by Crippen LogP contribution is 2.40. The van der Waals surface area contributed by atoms with E-state index in [1.54, 1.807) is 0 Å². The van der Waals surface area contributed by atoms with Gasteiger partial charge in [-0.25, -0.2) is 0 Å². The fraction of sp³-hybridized carbons (Fsp3) is 0.636. The average Bonchev–Trinajstić information content (AvgIpc) is 2.31. The lowest BCUT2D eigenvalue weighted by Crippen LogP contribution is -2.22. The molecule has 2 aliphatic rings. The van der Waals surface area contributed by atoms with Crippen molar-refractivity contribution in [1.29, 1.82) is 0 Å². The second-order valence-electron chi connectivity index (χ2n) is 4.29. The van der Waals surface area contributed by atoms with E-state index < -0.39 is 0 Å². The zero-order valence-electron chi connectivity index (χ0n) is 8.09. The molecule has 0 aliphatic heterocycles. The molecule has 1 fully saturated rings. The van der Waals surface area contributed by atoms with E-state index in [4.69, 9.17) is 0 Å². The number of carbonyl (C=O) groups is 2. The number of rotatable bonds is 0. The second-order valence-corrected chi connectivity index (χ2v) is 4.29. The van der Waals surface area contributed by atoms with Gasteiger partial charge in [-0.3, -0.25) is 9.59 Å². The maximum absolute atomic E-state index is 11.4. The van der Waals surface area contributed by atoms with Crippen LogP contribution in [0, 0.1) is 11.8 Å². The van der Waals surface area contributed by atoms with Crippen LogP contribution in [0.3, 0.4) is 0 Å². The first-order valence-corrected chi connectivity index (χ1v) is 4.80. The third-order valence-corrected chi connectivity index (χ3v) is 3.44. The molecular formula is C11H14O2. The van der Waals surface area contributed by atoms with Crippen LogP contribution in [0.2, 0.25) is 0 Å². The van der Waals surface area contributed by atoms with Gasteiger partial charge in [0.2, 0.25) is 0 Å². The molecule has 13 heavy (non-hydrogen) atoms. The Morgan fingerprint density at radius 1 is 0.923 bits per heavy atom. The zero-order valence-corrected chi connectivity index (χ0v) is 8.09. The molecule has 0 bridgehead atoms. The topological polar surface area (TPSA) is 34.1 Å². The molecule has 2 aliphatic carbocycles. The number of ketones is 2. The number of allylic oxidation sites excluding steroid dienone is 2. The number of carbonyl (C=O) groups excluding carboxylic acids is 2. The largest absolute Gasteiger partial charge is 0.299 e. The Hall–Kier alpha value is -0.920. The fourth-order valence-electron chi connectivity index (χ4n) is 2.40. The number of Topliss-reactive ketones (excluding diaryl/α,β-unsaturated/α-hetero) is 2. The molecule has 0 spiro atoms. The first-order valence-electron chi connectivity index (χ1n) is 4.80. The number of fused-ring (bicyclic) bond motifs is 1. The van der Waals surface area contributed by atoms with Crippen LogP contribution in [0.5, 0.6) is 0 Å². The highest BCUT2D eigenvalue weighted by Gasteiger charge is 2.43. The van der Waals surface area contributed by atoms with Gasteiger partial charge in [-0.05, 0) is 26.7 Å². The van der Waals surface area contributed by atoms with Crippen molar-refractivity contribution in [1.82, 2.24) is 0 Å². The van der Waals surface area contributed by atoms with Gasteiger partial charge in [0.05, 0.1) is 6.42 Å². The second kappa shape index (κ2) is 2.79. The molecule has 0 aromatic carbocycles. The molecule has 0 amide bonds. The van der Waals surface area contributed by atoms with E-state index in [1.807, 2.05) is 0 Å². The molecule has 0 unspecified atom stereocenters. The Balaban J connectivity index is 2.31. The summed E-state index contributed by atoms with van der Waals surface area (Å²) in [4.78, 5) is 22.9. The summed E-state index contributed by atoms with van der Waals surface area (Å²) in [5.41, 5.74) is 2.62. The van der Waals surface area contributed by atoms with Crippen molar-refractivity contribution >= 4 is 11.6 Å². The third kappa shape index (κ3) is 1.25. The number of hydrogen-bond acceptors (Lipinski definition) is 2. The standard InChI is InChI=1S/C11H14O2/c1-6-3-8-9(4-7(6)2)11(13)5-10(8)12/h8-9H,3-5H2,1-2H3/t8-,9+. The van der Waals surface area contributed by atoms with Crippen LogP contribution in [-0.4, -0.2) is 11.6 Å². The summed E-state index contributed by atoms with van der Waals surface area (Å²) < 4.78 is 0. The predicted molar refractivity (Wildman–Crippen MR) is 49.2 cm³/mol. The molecule has 2 rings (SSSR count). The van der Waals surface area contributed by atoms with Crippen LogP contribution in [0.1, 0.15) is 33.1 Å². The first kappa shape index (κ1) is 8.67. The molecule has 70 valence electrons. The molecule has 0 radical (unpaired) electrons. The maximum atomic E-state index is 11.4. The zero-order chi connectivity index (χ0) is 9.59. The number of hydrogen-bond donors (Lipinski definition) is 0. The fourth-order valence-corrected chi connectivity index (χ4v) is 2.40.